The molecule has 0 N–H and O–H groups in total. The summed E-state index contributed by atoms with van der Waals surface area (Å²) in [6.07, 6.45) is 0. The second-order valence-corrected chi connectivity index (χ2v) is 8.67. The van der Waals surface area contributed by atoms with Crippen LogP contribution in [0.4, 0.5) is 10.2 Å². The Balaban J connectivity index is 1.90. The fourth-order valence-corrected chi connectivity index (χ4v) is 4.41. The number of nitrogens with zero attached hydrogens (tertiary/aromatic N) is 3. The van der Waals surface area contributed by atoms with Gasteiger partial charge in [0.25, 0.3) is 0 Å². The third-order valence-corrected chi connectivity index (χ3v) is 6.10. The minimum atomic E-state index is -3.77. The number of ether oxygens (including phenoxy) is 1. The third-order valence-electron chi connectivity index (χ3n) is 3.99. The third kappa shape index (κ3) is 4.25. The highest BCUT2D eigenvalue weighted by atomic mass is 35.5. The lowest BCUT2D eigenvalue weighted by Gasteiger charge is -2.34. The number of halogens is 3. The van der Waals surface area contributed by atoms with Crippen LogP contribution in [0.5, 0.6) is 0 Å². The van der Waals surface area contributed by atoms with Crippen LogP contribution in [0.2, 0.25) is 10.3 Å². The van der Waals surface area contributed by atoms with Gasteiger partial charge in [-0.05, 0) is 36.7 Å². The van der Waals surface area contributed by atoms with E-state index in [0.29, 0.717) is 25.6 Å². The zero-order valence-corrected chi connectivity index (χ0v) is 16.2. The van der Waals surface area contributed by atoms with Crippen molar-refractivity contribution in [2.45, 2.75) is 23.6 Å². The van der Waals surface area contributed by atoms with Crippen molar-refractivity contribution in [1.29, 1.82) is 0 Å². The second-order valence-electron chi connectivity index (χ2n) is 5.94. The molecule has 10 heteroatoms. The fraction of sp³-hybridized carbons (Fsp3) is 0.375. The lowest BCUT2D eigenvalue weighted by molar-refractivity contribution is 0.0985. The van der Waals surface area contributed by atoms with Crippen molar-refractivity contribution in [2.24, 2.45) is 0 Å². The minimum Gasteiger partial charge on any atom is -0.377 e. The molecule has 1 fully saturated rings. The van der Waals surface area contributed by atoms with Gasteiger partial charge < -0.3 is 9.64 Å². The summed E-state index contributed by atoms with van der Waals surface area (Å²) in [5.41, 5.74) is 0.249. The van der Waals surface area contributed by atoms with E-state index in [1.807, 2.05) is 11.8 Å². The predicted octanol–water partition coefficient (Wildman–Crippen LogP) is 3.12. The van der Waals surface area contributed by atoms with Crippen LogP contribution < -0.4 is 4.90 Å². The normalized spacial score (nSPS) is 18.2. The number of benzene rings is 1. The molecule has 0 aliphatic carbocycles. The molecule has 2 heterocycles. The Morgan fingerprint density at radius 1 is 1.31 bits per heavy atom. The molecule has 1 aromatic heterocycles. The van der Waals surface area contributed by atoms with Gasteiger partial charge in [-0.2, -0.15) is 0 Å². The molecule has 3 rings (SSSR count). The van der Waals surface area contributed by atoms with Crippen LogP contribution in [0.25, 0.3) is 0 Å². The van der Waals surface area contributed by atoms with Crippen molar-refractivity contribution in [1.82, 2.24) is 9.97 Å². The number of hydrogen-bond acceptors (Lipinski definition) is 6. The van der Waals surface area contributed by atoms with Crippen LogP contribution in [0, 0.1) is 5.82 Å². The van der Waals surface area contributed by atoms with Crippen molar-refractivity contribution in [3.05, 3.63) is 46.1 Å². The number of morpholine rings is 1. The number of anilines is 1. The molecular formula is C16H16Cl2FN3O3S. The van der Waals surface area contributed by atoms with Crippen molar-refractivity contribution in [3.63, 3.8) is 0 Å². The first-order chi connectivity index (χ1) is 12.3. The molecule has 0 amide bonds. The van der Waals surface area contributed by atoms with Crippen LogP contribution >= 0.6 is 23.2 Å². The van der Waals surface area contributed by atoms with E-state index in [1.165, 1.54) is 6.07 Å². The average Bonchev–Trinajstić information content (AvgIpc) is 2.56. The van der Waals surface area contributed by atoms with Gasteiger partial charge in [0.1, 0.15) is 11.6 Å². The number of sulfone groups is 1. The first kappa shape index (κ1) is 19.3. The summed E-state index contributed by atoms with van der Waals surface area (Å²) in [5, 5.41) is -0.293. The Hall–Kier alpha value is -1.48. The summed E-state index contributed by atoms with van der Waals surface area (Å²) < 4.78 is 43.9. The molecule has 1 aliphatic rings. The standard InChI is InChI=1S/C16H16Cl2FN3O3S/c1-10-8-25-5-4-22(10)15-6-11(20-16(18)21-15)9-26(23,24)12-2-3-14(19)13(17)7-12/h2-3,6-7,10H,4-5,8-9H2,1H3. The van der Waals surface area contributed by atoms with E-state index >= 15 is 0 Å². The summed E-state index contributed by atoms with van der Waals surface area (Å²) in [6.45, 7) is 3.69. The molecule has 1 unspecified atom stereocenters. The highest BCUT2D eigenvalue weighted by molar-refractivity contribution is 7.90. The lowest BCUT2D eigenvalue weighted by Crippen LogP contribution is -2.44. The Morgan fingerprint density at radius 2 is 2.08 bits per heavy atom. The smallest absolute Gasteiger partial charge is 0.224 e. The van der Waals surface area contributed by atoms with E-state index in [9.17, 15) is 12.8 Å². The molecule has 1 saturated heterocycles. The van der Waals surface area contributed by atoms with E-state index < -0.39 is 21.4 Å². The van der Waals surface area contributed by atoms with E-state index in [2.05, 4.69) is 9.97 Å². The largest absolute Gasteiger partial charge is 0.377 e. The van der Waals surface area contributed by atoms with Crippen LogP contribution in [0.15, 0.2) is 29.2 Å². The average molecular weight is 420 g/mol. The summed E-state index contributed by atoms with van der Waals surface area (Å²) in [6, 6.07) is 4.94. The van der Waals surface area contributed by atoms with Crippen LogP contribution in [0.1, 0.15) is 12.6 Å². The maximum atomic E-state index is 13.3. The molecule has 26 heavy (non-hydrogen) atoms. The zero-order valence-electron chi connectivity index (χ0n) is 13.8. The number of hydrogen-bond donors (Lipinski definition) is 0. The van der Waals surface area contributed by atoms with Gasteiger partial charge in [0.15, 0.2) is 9.84 Å². The fourth-order valence-electron chi connectivity index (χ4n) is 2.69. The second kappa shape index (κ2) is 7.64. The topological polar surface area (TPSA) is 72.4 Å². The zero-order chi connectivity index (χ0) is 18.9. The quantitative estimate of drug-likeness (QED) is 0.559. The molecule has 1 aliphatic heterocycles. The first-order valence-corrected chi connectivity index (χ1v) is 10.2. The molecule has 140 valence electrons. The molecule has 0 radical (unpaired) electrons. The predicted molar refractivity (Wildman–Crippen MR) is 97.0 cm³/mol. The van der Waals surface area contributed by atoms with Gasteiger partial charge in [-0.1, -0.05) is 11.6 Å². The van der Waals surface area contributed by atoms with Crippen molar-refractivity contribution in [3.8, 4) is 0 Å². The molecule has 2 aromatic rings. The Bertz CT molecular complexity index is 927. The molecule has 6 nitrogen and oxygen atoms in total. The number of aromatic nitrogens is 2. The summed E-state index contributed by atoms with van der Waals surface area (Å²) in [7, 11) is -3.77. The van der Waals surface area contributed by atoms with Crippen molar-refractivity contribution < 1.29 is 17.5 Å². The van der Waals surface area contributed by atoms with Gasteiger partial charge in [0.2, 0.25) is 5.28 Å². The molecule has 0 saturated carbocycles. The highest BCUT2D eigenvalue weighted by Crippen LogP contribution is 2.25. The van der Waals surface area contributed by atoms with Gasteiger partial charge in [-0.25, -0.2) is 22.8 Å². The SMILES string of the molecule is CC1COCCN1c1cc(CS(=O)(=O)c2ccc(F)c(Cl)c2)nc(Cl)n1. The summed E-state index contributed by atoms with van der Waals surface area (Å²) in [5.74, 6) is -0.537. The van der Waals surface area contributed by atoms with Crippen LogP contribution in [0.3, 0.4) is 0 Å². The molecular weight excluding hydrogens is 404 g/mol. The number of rotatable bonds is 4. The first-order valence-electron chi connectivity index (χ1n) is 7.82. The maximum absolute atomic E-state index is 13.3. The van der Waals surface area contributed by atoms with Crippen LogP contribution in [-0.4, -0.2) is 44.2 Å². The summed E-state index contributed by atoms with van der Waals surface area (Å²) >= 11 is 11.7. The van der Waals surface area contributed by atoms with E-state index in [0.717, 1.165) is 12.1 Å². The molecule has 0 spiro atoms. The Morgan fingerprint density at radius 3 is 2.77 bits per heavy atom. The van der Waals surface area contributed by atoms with E-state index in [-0.39, 0.29) is 26.9 Å². The molecule has 0 bridgehead atoms. The highest BCUT2D eigenvalue weighted by Gasteiger charge is 2.23. The van der Waals surface area contributed by atoms with Crippen molar-refractivity contribution >= 4 is 38.9 Å². The van der Waals surface area contributed by atoms with Crippen molar-refractivity contribution in [2.75, 3.05) is 24.7 Å². The summed E-state index contributed by atoms with van der Waals surface area (Å²) in [4.78, 5) is 10.1. The van der Waals surface area contributed by atoms with Gasteiger partial charge >= 0.3 is 0 Å². The van der Waals surface area contributed by atoms with Gasteiger partial charge in [-0.3, -0.25) is 0 Å². The van der Waals surface area contributed by atoms with E-state index in [1.54, 1.807) is 6.07 Å². The Kier molecular flexibility index (Phi) is 5.67. The van der Waals surface area contributed by atoms with Gasteiger partial charge in [-0.15, -0.1) is 0 Å². The Labute approximate surface area is 160 Å². The molecule has 1 aromatic carbocycles. The monoisotopic (exact) mass is 419 g/mol. The van der Waals surface area contributed by atoms with Gasteiger partial charge in [0.05, 0.1) is 40.6 Å². The molecule has 1 atom stereocenters. The van der Waals surface area contributed by atoms with Crippen LogP contribution in [-0.2, 0) is 20.3 Å². The maximum Gasteiger partial charge on any atom is 0.224 e. The van der Waals surface area contributed by atoms with E-state index in [4.69, 9.17) is 27.9 Å². The minimum absolute atomic E-state index is 0.0384. The van der Waals surface area contributed by atoms with Gasteiger partial charge in [0, 0.05) is 12.6 Å². The lowest BCUT2D eigenvalue weighted by atomic mass is 10.2.